The average molecular weight is 319 g/mol. The third-order valence-corrected chi connectivity index (χ3v) is 3.85. The van der Waals surface area contributed by atoms with Gasteiger partial charge < -0.3 is 4.74 Å². The van der Waals surface area contributed by atoms with Gasteiger partial charge in [0, 0.05) is 10.9 Å². The van der Waals surface area contributed by atoms with Crippen LogP contribution in [0.15, 0.2) is 53.6 Å². The molecule has 0 aliphatic heterocycles. The molecular formula is C20H21N3O. The van der Waals surface area contributed by atoms with Crippen LogP contribution in [0, 0.1) is 13.8 Å². The largest absolute Gasteiger partial charge is 0.493 e. The lowest BCUT2D eigenvalue weighted by molar-refractivity contribution is 0.340. The Hall–Kier alpha value is -2.88. The Morgan fingerprint density at radius 3 is 2.75 bits per heavy atom. The van der Waals surface area contributed by atoms with Gasteiger partial charge in [0.2, 0.25) is 0 Å². The van der Waals surface area contributed by atoms with Crippen LogP contribution >= 0.6 is 0 Å². The standard InChI is InChI=1S/C20H21N3O/c1-4-24-18-11-6-5-9-16(18)13-21-23-19-12-15(3)17-10-7-8-14(2)20(17)22-19/h5-13H,4H2,1-3H3,(H,22,23)/b21-13-. The van der Waals surface area contributed by atoms with E-state index < -0.39 is 0 Å². The maximum Gasteiger partial charge on any atom is 0.147 e. The van der Waals surface area contributed by atoms with E-state index >= 15 is 0 Å². The summed E-state index contributed by atoms with van der Waals surface area (Å²) < 4.78 is 5.60. The van der Waals surface area contributed by atoms with Crippen LogP contribution in [0.1, 0.15) is 23.6 Å². The number of nitrogens with one attached hydrogen (secondary N) is 1. The summed E-state index contributed by atoms with van der Waals surface area (Å²) in [5.41, 5.74) is 7.30. The van der Waals surface area contributed by atoms with Crippen molar-refractivity contribution in [2.24, 2.45) is 5.10 Å². The van der Waals surface area contributed by atoms with Gasteiger partial charge in [0.15, 0.2) is 0 Å². The molecule has 0 amide bonds. The van der Waals surface area contributed by atoms with Crippen LogP contribution in [-0.4, -0.2) is 17.8 Å². The van der Waals surface area contributed by atoms with Crippen molar-refractivity contribution in [1.29, 1.82) is 0 Å². The number of pyridine rings is 1. The minimum absolute atomic E-state index is 0.628. The van der Waals surface area contributed by atoms with Crippen LogP contribution in [0.3, 0.4) is 0 Å². The fourth-order valence-electron chi connectivity index (χ4n) is 2.66. The zero-order chi connectivity index (χ0) is 16.9. The number of hydrogen-bond acceptors (Lipinski definition) is 4. The van der Waals surface area contributed by atoms with E-state index in [1.54, 1.807) is 6.21 Å². The van der Waals surface area contributed by atoms with Gasteiger partial charge in [-0.15, -0.1) is 0 Å². The summed E-state index contributed by atoms with van der Waals surface area (Å²) in [6, 6.07) is 16.1. The number of anilines is 1. The number of nitrogens with zero attached hydrogens (tertiary/aromatic N) is 2. The average Bonchev–Trinajstić information content (AvgIpc) is 2.58. The number of para-hydroxylation sites is 2. The number of hydrogen-bond donors (Lipinski definition) is 1. The predicted molar refractivity (Wildman–Crippen MR) is 100 cm³/mol. The van der Waals surface area contributed by atoms with Crippen LogP contribution < -0.4 is 10.2 Å². The molecule has 3 aromatic rings. The van der Waals surface area contributed by atoms with Crippen molar-refractivity contribution < 1.29 is 4.74 Å². The second-order valence-corrected chi connectivity index (χ2v) is 5.64. The van der Waals surface area contributed by atoms with E-state index in [1.807, 2.05) is 37.3 Å². The van der Waals surface area contributed by atoms with Crippen molar-refractivity contribution in [2.45, 2.75) is 20.8 Å². The molecule has 0 unspecified atom stereocenters. The van der Waals surface area contributed by atoms with E-state index in [0.29, 0.717) is 6.61 Å². The number of aromatic nitrogens is 1. The van der Waals surface area contributed by atoms with Gasteiger partial charge >= 0.3 is 0 Å². The topological polar surface area (TPSA) is 46.5 Å². The summed E-state index contributed by atoms with van der Waals surface area (Å²) in [6.07, 6.45) is 1.75. The van der Waals surface area contributed by atoms with Crippen molar-refractivity contribution in [3.05, 3.63) is 65.2 Å². The first-order valence-corrected chi connectivity index (χ1v) is 8.07. The number of hydrazone groups is 1. The quantitative estimate of drug-likeness (QED) is 0.548. The zero-order valence-corrected chi connectivity index (χ0v) is 14.2. The molecular weight excluding hydrogens is 298 g/mol. The molecule has 1 N–H and O–H groups in total. The SMILES string of the molecule is CCOc1ccccc1/C=N\Nc1cc(C)c2cccc(C)c2n1. The summed E-state index contributed by atoms with van der Waals surface area (Å²) in [7, 11) is 0. The smallest absolute Gasteiger partial charge is 0.147 e. The van der Waals surface area contributed by atoms with Gasteiger partial charge in [-0.2, -0.15) is 5.10 Å². The molecule has 0 bridgehead atoms. The van der Waals surface area contributed by atoms with Gasteiger partial charge in [0.1, 0.15) is 11.6 Å². The van der Waals surface area contributed by atoms with Crippen molar-refractivity contribution in [3.8, 4) is 5.75 Å². The minimum atomic E-state index is 0.628. The van der Waals surface area contributed by atoms with Gasteiger partial charge in [0.25, 0.3) is 0 Å². The van der Waals surface area contributed by atoms with Gasteiger partial charge in [-0.05, 0) is 50.1 Å². The van der Waals surface area contributed by atoms with E-state index in [-0.39, 0.29) is 0 Å². The molecule has 0 saturated carbocycles. The van der Waals surface area contributed by atoms with Crippen molar-refractivity contribution in [3.63, 3.8) is 0 Å². The third-order valence-electron chi connectivity index (χ3n) is 3.85. The van der Waals surface area contributed by atoms with E-state index in [1.165, 1.54) is 10.9 Å². The molecule has 4 nitrogen and oxygen atoms in total. The highest BCUT2D eigenvalue weighted by Gasteiger charge is 2.04. The summed E-state index contributed by atoms with van der Waals surface area (Å²) in [4.78, 5) is 4.67. The minimum Gasteiger partial charge on any atom is -0.493 e. The predicted octanol–water partition coefficient (Wildman–Crippen LogP) is 4.70. The molecule has 122 valence electrons. The highest BCUT2D eigenvalue weighted by molar-refractivity contribution is 5.87. The van der Waals surface area contributed by atoms with Crippen LogP contribution in [0.25, 0.3) is 10.9 Å². The molecule has 0 saturated heterocycles. The fraction of sp³-hybridized carbons (Fsp3) is 0.200. The molecule has 0 aliphatic rings. The molecule has 0 spiro atoms. The molecule has 0 radical (unpaired) electrons. The monoisotopic (exact) mass is 319 g/mol. The molecule has 2 aromatic carbocycles. The highest BCUT2D eigenvalue weighted by atomic mass is 16.5. The Bertz CT molecular complexity index is 887. The van der Waals surface area contributed by atoms with Gasteiger partial charge in [-0.1, -0.05) is 30.3 Å². The van der Waals surface area contributed by atoms with Crippen LogP contribution in [0.5, 0.6) is 5.75 Å². The molecule has 3 rings (SSSR count). The third kappa shape index (κ3) is 3.38. The summed E-state index contributed by atoms with van der Waals surface area (Å²) in [5.74, 6) is 1.56. The van der Waals surface area contributed by atoms with Crippen LogP contribution in [-0.2, 0) is 0 Å². The molecule has 0 aliphatic carbocycles. The lowest BCUT2D eigenvalue weighted by Crippen LogP contribution is -1.98. The van der Waals surface area contributed by atoms with E-state index in [0.717, 1.165) is 28.2 Å². The molecule has 24 heavy (non-hydrogen) atoms. The van der Waals surface area contributed by atoms with Crippen LogP contribution in [0.2, 0.25) is 0 Å². The zero-order valence-electron chi connectivity index (χ0n) is 14.2. The normalized spacial score (nSPS) is 11.1. The number of benzene rings is 2. The van der Waals surface area contributed by atoms with Gasteiger partial charge in [-0.25, -0.2) is 4.98 Å². The first-order valence-electron chi connectivity index (χ1n) is 8.07. The van der Waals surface area contributed by atoms with Gasteiger partial charge in [0.05, 0.1) is 18.3 Å². The number of aryl methyl sites for hydroxylation is 2. The van der Waals surface area contributed by atoms with E-state index in [4.69, 9.17) is 4.74 Å². The lowest BCUT2D eigenvalue weighted by Gasteiger charge is -2.08. The van der Waals surface area contributed by atoms with Gasteiger partial charge in [-0.3, -0.25) is 5.43 Å². The molecule has 0 atom stereocenters. The second-order valence-electron chi connectivity index (χ2n) is 5.64. The molecule has 1 heterocycles. The maximum absolute atomic E-state index is 5.60. The Kier molecular flexibility index (Phi) is 4.75. The second kappa shape index (κ2) is 7.13. The molecule has 0 fully saturated rings. The summed E-state index contributed by atoms with van der Waals surface area (Å²) in [6.45, 7) is 6.75. The van der Waals surface area contributed by atoms with Crippen molar-refractivity contribution in [1.82, 2.24) is 4.98 Å². The van der Waals surface area contributed by atoms with E-state index in [9.17, 15) is 0 Å². The van der Waals surface area contributed by atoms with Crippen LogP contribution in [0.4, 0.5) is 5.82 Å². The number of fused-ring (bicyclic) bond motifs is 1. The van der Waals surface area contributed by atoms with Crippen molar-refractivity contribution in [2.75, 3.05) is 12.0 Å². The fourth-order valence-corrected chi connectivity index (χ4v) is 2.66. The Balaban J connectivity index is 1.85. The summed E-state index contributed by atoms with van der Waals surface area (Å²) in [5, 5.41) is 5.49. The Labute approximate surface area is 142 Å². The maximum atomic E-state index is 5.60. The van der Waals surface area contributed by atoms with Crippen molar-refractivity contribution >= 4 is 22.9 Å². The number of rotatable bonds is 5. The number of ether oxygens (including phenoxy) is 1. The highest BCUT2D eigenvalue weighted by Crippen LogP contribution is 2.23. The first-order chi connectivity index (χ1) is 11.7. The summed E-state index contributed by atoms with van der Waals surface area (Å²) >= 11 is 0. The van der Waals surface area contributed by atoms with E-state index in [2.05, 4.69) is 47.6 Å². The first kappa shape index (κ1) is 16.0. The lowest BCUT2D eigenvalue weighted by atomic mass is 10.1. The molecule has 1 aromatic heterocycles. The Morgan fingerprint density at radius 1 is 1.08 bits per heavy atom. The Morgan fingerprint density at radius 2 is 1.92 bits per heavy atom. The molecule has 4 heteroatoms.